The highest BCUT2D eigenvalue weighted by Crippen LogP contribution is 2.28. The molecule has 0 atom stereocenters. The smallest absolute Gasteiger partial charge is 0.437 e. The summed E-state index contributed by atoms with van der Waals surface area (Å²) in [5, 5.41) is 15.2. The van der Waals surface area contributed by atoms with Crippen LogP contribution in [0.3, 0.4) is 0 Å². The number of aromatic nitrogens is 1. The SMILES string of the molecule is COc1ccc([N+]2=NOC(=O)/C2=C\c2sc(=O)[nH]c2[O-])cc1. The Bertz CT molecular complexity index is 847. The third kappa shape index (κ3) is 2.49. The molecule has 1 aliphatic rings. The van der Waals surface area contributed by atoms with Crippen molar-refractivity contribution < 1.29 is 24.2 Å². The van der Waals surface area contributed by atoms with Crippen molar-refractivity contribution in [2.45, 2.75) is 0 Å². The fraction of sp³-hybridized carbons (Fsp3) is 0.0769. The molecule has 0 aliphatic carbocycles. The van der Waals surface area contributed by atoms with Crippen LogP contribution in [0.1, 0.15) is 4.88 Å². The number of thiazole rings is 1. The highest BCUT2D eigenvalue weighted by atomic mass is 32.1. The van der Waals surface area contributed by atoms with Gasteiger partial charge in [-0.3, -0.25) is 9.63 Å². The Kier molecular flexibility index (Phi) is 3.47. The molecule has 2 aromatic rings. The number of aromatic amines is 1. The summed E-state index contributed by atoms with van der Waals surface area (Å²) in [6.45, 7) is 0. The Morgan fingerprint density at radius 2 is 2.09 bits per heavy atom. The summed E-state index contributed by atoms with van der Waals surface area (Å²) in [7, 11) is 1.54. The van der Waals surface area contributed by atoms with E-state index in [-0.39, 0.29) is 10.6 Å². The average Bonchev–Trinajstić information content (AvgIpc) is 3.03. The van der Waals surface area contributed by atoms with Crippen molar-refractivity contribution in [1.29, 1.82) is 0 Å². The number of H-pyrrole nitrogens is 1. The van der Waals surface area contributed by atoms with E-state index >= 15 is 0 Å². The van der Waals surface area contributed by atoms with Gasteiger partial charge < -0.3 is 14.8 Å². The summed E-state index contributed by atoms with van der Waals surface area (Å²) in [5.74, 6) is -0.626. The van der Waals surface area contributed by atoms with Gasteiger partial charge in [0, 0.05) is 23.1 Å². The van der Waals surface area contributed by atoms with Gasteiger partial charge in [0.1, 0.15) is 5.75 Å². The topological polar surface area (TPSA) is 107 Å². The zero-order valence-electron chi connectivity index (χ0n) is 11.2. The molecule has 0 unspecified atom stereocenters. The van der Waals surface area contributed by atoms with Crippen LogP contribution in [0.25, 0.3) is 6.08 Å². The summed E-state index contributed by atoms with van der Waals surface area (Å²) in [4.78, 5) is 29.3. The Morgan fingerprint density at radius 1 is 1.36 bits per heavy atom. The molecule has 0 spiro atoms. The van der Waals surface area contributed by atoms with Crippen molar-refractivity contribution in [2.75, 3.05) is 7.11 Å². The van der Waals surface area contributed by atoms with Gasteiger partial charge in [-0.05, 0) is 22.7 Å². The molecule has 9 heteroatoms. The highest BCUT2D eigenvalue weighted by Gasteiger charge is 2.36. The van der Waals surface area contributed by atoms with Crippen LogP contribution < -0.4 is 14.7 Å². The summed E-state index contributed by atoms with van der Waals surface area (Å²) >= 11 is 0.710. The van der Waals surface area contributed by atoms with Crippen LogP contribution in [0.5, 0.6) is 11.6 Å². The summed E-state index contributed by atoms with van der Waals surface area (Å²) in [6.07, 6.45) is 1.27. The van der Waals surface area contributed by atoms with Crippen molar-refractivity contribution in [1.82, 2.24) is 4.98 Å². The molecule has 0 amide bonds. The number of nitrogens with one attached hydrogen (secondary N) is 1. The number of nitrogens with zero attached hydrogens (tertiary/aromatic N) is 2. The second-order valence-electron chi connectivity index (χ2n) is 4.21. The second-order valence-corrected chi connectivity index (χ2v) is 5.22. The molecule has 3 rings (SSSR count). The number of ether oxygens (including phenoxy) is 1. The van der Waals surface area contributed by atoms with Gasteiger partial charge in [-0.2, -0.15) is 0 Å². The Labute approximate surface area is 127 Å². The van der Waals surface area contributed by atoms with E-state index < -0.39 is 16.7 Å². The van der Waals surface area contributed by atoms with Crippen LogP contribution in [-0.4, -0.2) is 22.8 Å². The summed E-state index contributed by atoms with van der Waals surface area (Å²) in [5.41, 5.74) is 0.589. The van der Waals surface area contributed by atoms with Crippen LogP contribution >= 0.6 is 11.3 Å². The number of carbonyl (C=O) groups excluding carboxylic acids is 1. The van der Waals surface area contributed by atoms with E-state index in [9.17, 15) is 14.7 Å². The monoisotopic (exact) mass is 319 g/mol. The molecular weight excluding hydrogens is 310 g/mol. The average molecular weight is 319 g/mol. The van der Waals surface area contributed by atoms with Gasteiger partial charge >= 0.3 is 16.5 Å². The molecule has 0 radical (unpaired) electrons. The molecule has 1 aliphatic heterocycles. The predicted octanol–water partition coefficient (Wildman–Crippen LogP) is 1.13. The number of carbonyl (C=O) groups is 1. The van der Waals surface area contributed by atoms with E-state index in [1.165, 1.54) is 17.9 Å². The molecule has 0 fully saturated rings. The molecule has 0 bridgehead atoms. The zero-order chi connectivity index (χ0) is 15.7. The minimum absolute atomic E-state index is 0.0394. The molecule has 22 heavy (non-hydrogen) atoms. The molecule has 1 aromatic heterocycles. The van der Waals surface area contributed by atoms with E-state index in [1.54, 1.807) is 24.3 Å². The van der Waals surface area contributed by atoms with Crippen LogP contribution in [0.15, 0.2) is 40.0 Å². The van der Waals surface area contributed by atoms with Crippen molar-refractivity contribution >= 4 is 29.1 Å². The van der Waals surface area contributed by atoms with Crippen LogP contribution in [0, 0.1) is 0 Å². The number of hydrogen-bond acceptors (Lipinski definition) is 7. The van der Waals surface area contributed by atoms with Gasteiger partial charge in [0.05, 0.1) is 7.11 Å². The number of benzene rings is 1. The first kappa shape index (κ1) is 14.0. The van der Waals surface area contributed by atoms with E-state index in [4.69, 9.17) is 4.74 Å². The van der Waals surface area contributed by atoms with Gasteiger partial charge in [-0.25, -0.2) is 4.79 Å². The normalized spacial score (nSPS) is 15.8. The lowest BCUT2D eigenvalue weighted by Crippen LogP contribution is -2.05. The molecule has 8 nitrogen and oxygen atoms in total. The molecule has 1 aromatic carbocycles. The maximum absolute atomic E-state index is 11.8. The predicted molar refractivity (Wildman–Crippen MR) is 73.8 cm³/mol. The van der Waals surface area contributed by atoms with Gasteiger partial charge in [0.25, 0.3) is 0 Å². The molecule has 2 heterocycles. The lowest BCUT2D eigenvalue weighted by Gasteiger charge is -2.00. The minimum Gasteiger partial charge on any atom is -0.859 e. The van der Waals surface area contributed by atoms with Crippen LogP contribution in [0.4, 0.5) is 5.69 Å². The van der Waals surface area contributed by atoms with Crippen molar-refractivity contribution in [3.8, 4) is 11.6 Å². The van der Waals surface area contributed by atoms with Crippen LogP contribution in [0.2, 0.25) is 0 Å². The van der Waals surface area contributed by atoms with E-state index in [0.717, 1.165) is 0 Å². The quantitative estimate of drug-likeness (QED) is 0.674. The fourth-order valence-electron chi connectivity index (χ4n) is 1.83. The Balaban J connectivity index is 2.01. The minimum atomic E-state index is -0.712. The Morgan fingerprint density at radius 3 is 2.68 bits per heavy atom. The first-order chi connectivity index (χ1) is 10.6. The standard InChI is InChI=1S/C13H9N3O5S/c1-20-8-4-2-7(3-5-8)16-9(12(18)21-15-16)6-10-11(17)14-13(19)22-10/h2-6H,1H3,(H-,14,15,17,18,19). The van der Waals surface area contributed by atoms with Crippen molar-refractivity contribution in [3.05, 3.63) is 44.5 Å². The fourth-order valence-corrected chi connectivity index (χ4v) is 2.49. The first-order valence-corrected chi connectivity index (χ1v) is 6.88. The van der Waals surface area contributed by atoms with Crippen LogP contribution in [-0.2, 0) is 9.63 Å². The van der Waals surface area contributed by atoms with Crippen molar-refractivity contribution in [2.24, 2.45) is 5.28 Å². The third-order valence-electron chi connectivity index (χ3n) is 2.87. The van der Waals surface area contributed by atoms with Gasteiger partial charge in [0.15, 0.2) is 0 Å². The summed E-state index contributed by atoms with van der Waals surface area (Å²) < 4.78 is 6.29. The number of hydrogen-bond donors (Lipinski definition) is 1. The molecule has 1 N–H and O–H groups in total. The lowest BCUT2D eigenvalue weighted by molar-refractivity contribution is -0.462. The van der Waals surface area contributed by atoms with E-state index in [2.05, 4.69) is 15.1 Å². The van der Waals surface area contributed by atoms with E-state index in [0.29, 0.717) is 22.8 Å². The van der Waals surface area contributed by atoms with Gasteiger partial charge in [-0.15, -0.1) is 0 Å². The Hall–Kier alpha value is -2.94. The molecular formula is C13H9N3O5S. The maximum atomic E-state index is 11.8. The summed E-state index contributed by atoms with van der Waals surface area (Å²) in [6, 6.07) is 6.74. The van der Waals surface area contributed by atoms with Gasteiger partial charge in [-0.1, -0.05) is 11.3 Å². The lowest BCUT2D eigenvalue weighted by atomic mass is 10.2. The van der Waals surface area contributed by atoms with Crippen molar-refractivity contribution in [3.63, 3.8) is 0 Å². The third-order valence-corrected chi connectivity index (χ3v) is 3.68. The highest BCUT2D eigenvalue weighted by molar-refractivity contribution is 7.10. The van der Waals surface area contributed by atoms with E-state index in [1.807, 2.05) is 0 Å². The number of rotatable bonds is 3. The first-order valence-electron chi connectivity index (χ1n) is 6.07. The largest absolute Gasteiger partial charge is 0.859 e. The molecule has 112 valence electrons. The molecule has 0 saturated heterocycles. The second kappa shape index (κ2) is 5.45. The zero-order valence-corrected chi connectivity index (χ0v) is 12.0. The van der Waals surface area contributed by atoms with Gasteiger partial charge in [0.2, 0.25) is 11.0 Å². The maximum Gasteiger partial charge on any atom is 0.437 e. The molecule has 0 saturated carbocycles. The number of methoxy groups -OCH3 is 1.